The van der Waals surface area contributed by atoms with Gasteiger partial charge >= 0.3 is 6.01 Å². The lowest BCUT2D eigenvalue weighted by molar-refractivity contribution is -0.122. The Hall–Kier alpha value is -4.64. The molecule has 2 aliphatic rings. The van der Waals surface area contributed by atoms with Gasteiger partial charge in [-0.05, 0) is 93.6 Å². The fraction of sp³-hybridized carbons (Fsp3) is 0.522. The Bertz CT molecular complexity index is 2090. The lowest BCUT2D eigenvalue weighted by atomic mass is 9.78. The fourth-order valence-corrected chi connectivity index (χ4v) is 8.35. The third-order valence-corrected chi connectivity index (χ3v) is 11.8. The zero-order chi connectivity index (χ0) is 41.5. The number of allylic oxidation sites excluding steroid dienone is 2. The minimum absolute atomic E-state index is 0.0136. The molecule has 57 heavy (non-hydrogen) atoms. The normalized spacial score (nSPS) is 17.6. The third-order valence-electron chi connectivity index (χ3n) is 11.5. The molecule has 1 amide bonds. The number of nitrogens with zero attached hydrogens (tertiary/aromatic N) is 5. The molecule has 0 spiro atoms. The maximum absolute atomic E-state index is 14.6. The summed E-state index contributed by atoms with van der Waals surface area (Å²) in [7, 11) is 3.78. The van der Waals surface area contributed by atoms with E-state index in [1.54, 1.807) is 12.1 Å². The van der Waals surface area contributed by atoms with E-state index in [-0.39, 0.29) is 46.7 Å². The van der Waals surface area contributed by atoms with Gasteiger partial charge in [-0.1, -0.05) is 75.4 Å². The van der Waals surface area contributed by atoms with Crippen LogP contribution in [0.15, 0.2) is 36.4 Å². The standard InChI is InChI=1S/C46H59ClFN7O2/c1-9-30(2)39-33(19-20-36(48)41(39)50)40-31(3)42-34(27-35(40)47)43(54(7)8)53-44(52-42)57-29-46(22-23-49)21-15-25-55(28-46)24-13-11-10-12-18-38(56)51-37(45(4,5)6)26-32-16-14-17-32/h1,19-20,26-27,37H,2,10-18,21-22,24-25,28-29,50H2,3-8H3,(H,51,56). The minimum Gasteiger partial charge on any atom is -0.463 e. The second-order valence-electron chi connectivity index (χ2n) is 17.2. The van der Waals surface area contributed by atoms with Crippen molar-refractivity contribution in [2.45, 2.75) is 104 Å². The molecule has 1 aliphatic carbocycles. The second-order valence-corrected chi connectivity index (χ2v) is 17.6. The molecular weight excluding hydrogens is 737 g/mol. The molecule has 3 aromatic rings. The number of nitriles is 1. The number of nitrogen functional groups attached to an aromatic ring is 1. The molecule has 0 radical (unpaired) electrons. The number of halogens is 2. The Kier molecular flexibility index (Phi) is 14.3. The minimum atomic E-state index is -0.598. The first kappa shape index (κ1) is 43.5. The van der Waals surface area contributed by atoms with Gasteiger partial charge in [-0.25, -0.2) is 4.39 Å². The molecule has 2 aromatic carbocycles. The maximum Gasteiger partial charge on any atom is 0.318 e. The maximum atomic E-state index is 14.6. The number of piperidine rings is 1. The van der Waals surface area contributed by atoms with Gasteiger partial charge in [0, 0.05) is 66.0 Å². The van der Waals surface area contributed by atoms with Crippen LogP contribution in [0.5, 0.6) is 6.01 Å². The summed E-state index contributed by atoms with van der Waals surface area (Å²) in [4.78, 5) is 26.8. The molecule has 2 fully saturated rings. The summed E-state index contributed by atoms with van der Waals surface area (Å²) in [5, 5.41) is 14.4. The molecule has 2 heterocycles. The van der Waals surface area contributed by atoms with Crippen LogP contribution in [0.4, 0.5) is 15.9 Å². The number of nitrogens with one attached hydrogen (secondary N) is 1. The van der Waals surface area contributed by atoms with Crippen LogP contribution in [0, 0.1) is 47.2 Å². The van der Waals surface area contributed by atoms with Gasteiger partial charge in [0.15, 0.2) is 0 Å². The summed E-state index contributed by atoms with van der Waals surface area (Å²) in [5.74, 6) is 2.65. The number of aryl methyl sites for hydroxylation is 1. The summed E-state index contributed by atoms with van der Waals surface area (Å²) < 4.78 is 21.1. The molecule has 1 aliphatic heterocycles. The molecule has 1 saturated heterocycles. The number of hydrogen-bond acceptors (Lipinski definition) is 8. The number of terminal acetylenes is 1. The number of hydrogen-bond donors (Lipinski definition) is 2. The van der Waals surface area contributed by atoms with Gasteiger partial charge in [-0.15, -0.1) is 6.42 Å². The van der Waals surface area contributed by atoms with E-state index in [9.17, 15) is 14.4 Å². The number of likely N-dealkylation sites (tertiary alicyclic amines) is 1. The van der Waals surface area contributed by atoms with E-state index in [1.165, 1.54) is 18.1 Å². The molecule has 0 bridgehead atoms. The highest BCUT2D eigenvalue weighted by molar-refractivity contribution is 6.35. The predicted molar refractivity (Wildman–Crippen MR) is 232 cm³/mol. The average Bonchev–Trinajstić information content (AvgIpc) is 3.14. The summed E-state index contributed by atoms with van der Waals surface area (Å²) in [6.45, 7) is 15.3. The average molecular weight is 796 g/mol. The van der Waals surface area contributed by atoms with Crippen molar-refractivity contribution in [2.75, 3.05) is 51.0 Å². The van der Waals surface area contributed by atoms with Crippen LogP contribution in [0.3, 0.4) is 0 Å². The highest BCUT2D eigenvalue weighted by atomic mass is 35.5. The number of carbonyl (C=O) groups is 1. The molecule has 1 aromatic heterocycles. The van der Waals surface area contributed by atoms with Crippen LogP contribution in [0.1, 0.15) is 103 Å². The molecule has 1 saturated carbocycles. The topological polar surface area (TPSA) is 120 Å². The van der Waals surface area contributed by atoms with Crippen LogP contribution in [0.25, 0.3) is 27.6 Å². The zero-order valence-corrected chi connectivity index (χ0v) is 35.4. The zero-order valence-electron chi connectivity index (χ0n) is 34.7. The number of aromatic nitrogens is 2. The van der Waals surface area contributed by atoms with Crippen molar-refractivity contribution >= 4 is 45.5 Å². The van der Waals surface area contributed by atoms with Crippen LogP contribution in [-0.2, 0) is 4.79 Å². The van der Waals surface area contributed by atoms with Crippen molar-refractivity contribution in [3.8, 4) is 35.6 Å². The predicted octanol–water partition coefficient (Wildman–Crippen LogP) is 9.66. The monoisotopic (exact) mass is 795 g/mol. The molecule has 9 nitrogen and oxygen atoms in total. The number of fused-ring (bicyclic) bond motifs is 1. The summed E-state index contributed by atoms with van der Waals surface area (Å²) in [6, 6.07) is 7.38. The molecular formula is C46H59ClFN7O2. The van der Waals surface area contributed by atoms with Crippen molar-refractivity contribution in [3.05, 3.63) is 58.4 Å². The Labute approximate surface area is 343 Å². The third kappa shape index (κ3) is 10.5. The van der Waals surface area contributed by atoms with Gasteiger partial charge < -0.3 is 25.6 Å². The van der Waals surface area contributed by atoms with E-state index in [4.69, 9.17) is 38.5 Å². The first-order valence-corrected chi connectivity index (χ1v) is 20.6. The van der Waals surface area contributed by atoms with Crippen molar-refractivity contribution in [2.24, 2.45) is 10.8 Å². The quantitative estimate of drug-likeness (QED) is 0.0637. The van der Waals surface area contributed by atoms with Gasteiger partial charge in [0.25, 0.3) is 0 Å². The largest absolute Gasteiger partial charge is 0.463 e. The van der Waals surface area contributed by atoms with E-state index in [1.807, 2.05) is 25.9 Å². The Morgan fingerprint density at radius 2 is 1.96 bits per heavy atom. The number of carbonyl (C=O) groups excluding carboxylic acids is 1. The molecule has 11 heteroatoms. The summed E-state index contributed by atoms with van der Waals surface area (Å²) >= 11 is 6.95. The Morgan fingerprint density at radius 3 is 2.61 bits per heavy atom. The van der Waals surface area contributed by atoms with Crippen LogP contribution in [-0.4, -0.2) is 67.2 Å². The summed E-state index contributed by atoms with van der Waals surface area (Å²) in [6.07, 6.45) is 18.2. The van der Waals surface area contributed by atoms with Crippen LogP contribution in [0.2, 0.25) is 5.02 Å². The SMILES string of the molecule is C#CC(=C)c1c(-c2c(Cl)cc3c(N(C)C)nc(OCC4(CC#N)CCCN(CCCCCCC(=O)NC(C=C5CCC5)C(C)(C)C)C4)nc3c2C)ccc(F)c1N. The number of ether oxygens (including phenoxy) is 1. The molecule has 2 atom stereocenters. The van der Waals surface area contributed by atoms with Crippen LogP contribution < -0.4 is 20.7 Å². The lowest BCUT2D eigenvalue weighted by Crippen LogP contribution is -2.46. The first-order chi connectivity index (χ1) is 27.1. The molecule has 5 rings (SSSR count). The van der Waals surface area contributed by atoms with Crippen molar-refractivity contribution in [3.63, 3.8) is 0 Å². The van der Waals surface area contributed by atoms with E-state index in [0.717, 1.165) is 82.0 Å². The van der Waals surface area contributed by atoms with Gasteiger partial charge in [-0.2, -0.15) is 15.2 Å². The van der Waals surface area contributed by atoms with E-state index < -0.39 is 5.82 Å². The molecule has 2 unspecified atom stereocenters. The number of benzene rings is 2. The van der Waals surface area contributed by atoms with Crippen molar-refractivity contribution in [1.82, 2.24) is 20.2 Å². The van der Waals surface area contributed by atoms with Gasteiger partial charge in [0.05, 0.1) is 29.9 Å². The number of anilines is 2. The van der Waals surface area contributed by atoms with Crippen LogP contribution >= 0.6 is 11.6 Å². The highest BCUT2D eigenvalue weighted by Gasteiger charge is 2.37. The first-order valence-electron chi connectivity index (χ1n) is 20.2. The smallest absolute Gasteiger partial charge is 0.318 e. The Balaban J connectivity index is 1.25. The van der Waals surface area contributed by atoms with Crippen molar-refractivity contribution < 1.29 is 13.9 Å². The van der Waals surface area contributed by atoms with E-state index in [0.29, 0.717) is 45.9 Å². The Morgan fingerprint density at radius 1 is 1.23 bits per heavy atom. The van der Waals surface area contributed by atoms with Gasteiger partial charge in [0.1, 0.15) is 11.6 Å². The second kappa shape index (κ2) is 18.7. The fourth-order valence-electron chi connectivity index (χ4n) is 8.00. The number of nitrogens with two attached hydrogens (primary N) is 1. The van der Waals surface area contributed by atoms with E-state index >= 15 is 0 Å². The van der Waals surface area contributed by atoms with E-state index in [2.05, 4.69) is 55.6 Å². The summed E-state index contributed by atoms with van der Waals surface area (Å²) in [5.41, 5.74) is 10.2. The van der Waals surface area contributed by atoms with Gasteiger partial charge in [0.2, 0.25) is 5.91 Å². The number of rotatable bonds is 16. The highest BCUT2D eigenvalue weighted by Crippen LogP contribution is 2.43. The molecule has 304 valence electrons. The molecule has 3 N–H and O–H groups in total. The van der Waals surface area contributed by atoms with Gasteiger partial charge in [-0.3, -0.25) is 4.79 Å². The lowest BCUT2D eigenvalue weighted by Gasteiger charge is -2.41. The number of unbranched alkanes of at least 4 members (excludes halogenated alkanes) is 3. The van der Waals surface area contributed by atoms with Crippen molar-refractivity contribution in [1.29, 1.82) is 5.26 Å². The number of amides is 1.